The SMILES string of the molecule is Nc1cccc2c1ccn2Cc1cc(F)cc(F)c1. The Kier molecular flexibility index (Phi) is 2.71. The minimum absolute atomic E-state index is 0.404. The number of nitrogen functional groups attached to an aromatic ring is 1. The van der Waals surface area contributed by atoms with Crippen molar-refractivity contribution in [3.8, 4) is 0 Å². The molecule has 0 saturated heterocycles. The first kappa shape index (κ1) is 11.7. The molecular formula is C15H12F2N2. The first-order valence-electron chi connectivity index (χ1n) is 5.92. The molecule has 0 aliphatic carbocycles. The van der Waals surface area contributed by atoms with Crippen LogP contribution in [0.15, 0.2) is 48.7 Å². The van der Waals surface area contributed by atoms with E-state index < -0.39 is 11.6 Å². The number of benzene rings is 2. The molecule has 4 heteroatoms. The standard InChI is InChI=1S/C15H12F2N2/c16-11-6-10(7-12(17)8-11)9-19-5-4-13-14(18)2-1-3-15(13)19/h1-8H,9,18H2. The van der Waals surface area contributed by atoms with Crippen molar-refractivity contribution in [2.45, 2.75) is 6.54 Å². The molecule has 2 aromatic carbocycles. The van der Waals surface area contributed by atoms with Crippen LogP contribution in [0.3, 0.4) is 0 Å². The molecule has 3 rings (SSSR count). The summed E-state index contributed by atoms with van der Waals surface area (Å²) < 4.78 is 28.2. The summed E-state index contributed by atoms with van der Waals surface area (Å²) in [6.07, 6.45) is 1.86. The number of nitrogens with two attached hydrogens (primary N) is 1. The normalized spacial score (nSPS) is 11.1. The van der Waals surface area contributed by atoms with Crippen molar-refractivity contribution >= 4 is 16.6 Å². The molecule has 1 heterocycles. The highest BCUT2D eigenvalue weighted by atomic mass is 19.1. The second-order valence-corrected chi connectivity index (χ2v) is 4.50. The van der Waals surface area contributed by atoms with Gasteiger partial charge in [-0.2, -0.15) is 0 Å². The minimum atomic E-state index is -0.564. The highest BCUT2D eigenvalue weighted by molar-refractivity contribution is 5.91. The van der Waals surface area contributed by atoms with Crippen LogP contribution >= 0.6 is 0 Å². The molecule has 0 aliphatic rings. The Morgan fingerprint density at radius 1 is 1.00 bits per heavy atom. The third kappa shape index (κ3) is 2.17. The van der Waals surface area contributed by atoms with Gasteiger partial charge in [0.25, 0.3) is 0 Å². The van der Waals surface area contributed by atoms with E-state index in [9.17, 15) is 8.78 Å². The van der Waals surface area contributed by atoms with Crippen LogP contribution in [0.4, 0.5) is 14.5 Å². The van der Waals surface area contributed by atoms with Crippen molar-refractivity contribution < 1.29 is 8.78 Å². The molecule has 3 aromatic rings. The highest BCUT2D eigenvalue weighted by Crippen LogP contribution is 2.23. The monoisotopic (exact) mass is 258 g/mol. The predicted octanol–water partition coefficient (Wildman–Crippen LogP) is 3.55. The molecule has 0 bridgehead atoms. The molecule has 0 atom stereocenters. The van der Waals surface area contributed by atoms with Crippen LogP contribution in [-0.2, 0) is 6.54 Å². The Morgan fingerprint density at radius 3 is 2.47 bits per heavy atom. The average Bonchev–Trinajstić information content (AvgIpc) is 2.73. The van der Waals surface area contributed by atoms with Crippen molar-refractivity contribution in [1.82, 2.24) is 4.57 Å². The summed E-state index contributed by atoms with van der Waals surface area (Å²) in [7, 11) is 0. The summed E-state index contributed by atoms with van der Waals surface area (Å²) in [5.74, 6) is -1.13. The van der Waals surface area contributed by atoms with Crippen LogP contribution in [0.5, 0.6) is 0 Å². The summed E-state index contributed by atoms with van der Waals surface area (Å²) in [5.41, 5.74) is 8.10. The zero-order valence-corrected chi connectivity index (χ0v) is 10.1. The van der Waals surface area contributed by atoms with Crippen LogP contribution in [0.2, 0.25) is 0 Å². The molecule has 0 amide bonds. The van der Waals surface area contributed by atoms with Crippen LogP contribution in [0, 0.1) is 11.6 Å². The van der Waals surface area contributed by atoms with E-state index in [-0.39, 0.29) is 0 Å². The van der Waals surface area contributed by atoms with Crippen molar-refractivity contribution in [3.63, 3.8) is 0 Å². The first-order valence-corrected chi connectivity index (χ1v) is 5.92. The number of fused-ring (bicyclic) bond motifs is 1. The van der Waals surface area contributed by atoms with E-state index in [1.165, 1.54) is 12.1 Å². The van der Waals surface area contributed by atoms with E-state index in [2.05, 4.69) is 0 Å². The lowest BCUT2D eigenvalue weighted by Gasteiger charge is -2.07. The van der Waals surface area contributed by atoms with Gasteiger partial charge in [-0.05, 0) is 35.9 Å². The Bertz CT molecular complexity index is 727. The number of anilines is 1. The molecule has 0 fully saturated rings. The molecule has 0 saturated carbocycles. The lowest BCUT2D eigenvalue weighted by Crippen LogP contribution is -1.99. The van der Waals surface area contributed by atoms with E-state index >= 15 is 0 Å². The zero-order valence-electron chi connectivity index (χ0n) is 10.1. The fourth-order valence-electron chi connectivity index (χ4n) is 2.28. The van der Waals surface area contributed by atoms with Gasteiger partial charge in [0, 0.05) is 29.9 Å². The zero-order chi connectivity index (χ0) is 13.4. The maximum Gasteiger partial charge on any atom is 0.126 e. The quantitative estimate of drug-likeness (QED) is 0.700. The highest BCUT2D eigenvalue weighted by Gasteiger charge is 2.06. The summed E-state index contributed by atoms with van der Waals surface area (Å²) in [6.45, 7) is 0.404. The molecule has 1 aromatic heterocycles. The van der Waals surface area contributed by atoms with E-state index in [1.807, 2.05) is 35.0 Å². The predicted molar refractivity (Wildman–Crippen MR) is 71.8 cm³/mol. The van der Waals surface area contributed by atoms with Gasteiger partial charge in [0.2, 0.25) is 0 Å². The number of hydrogen-bond acceptors (Lipinski definition) is 1. The fourth-order valence-corrected chi connectivity index (χ4v) is 2.28. The fraction of sp³-hybridized carbons (Fsp3) is 0.0667. The van der Waals surface area contributed by atoms with Crippen molar-refractivity contribution in [2.75, 3.05) is 5.73 Å². The van der Waals surface area contributed by atoms with Gasteiger partial charge in [-0.3, -0.25) is 0 Å². The van der Waals surface area contributed by atoms with Crippen LogP contribution in [-0.4, -0.2) is 4.57 Å². The van der Waals surface area contributed by atoms with Gasteiger partial charge in [-0.1, -0.05) is 6.07 Å². The van der Waals surface area contributed by atoms with Crippen LogP contribution in [0.1, 0.15) is 5.56 Å². The lowest BCUT2D eigenvalue weighted by molar-refractivity contribution is 0.578. The summed E-state index contributed by atoms with van der Waals surface area (Å²) in [6, 6.07) is 11.1. The minimum Gasteiger partial charge on any atom is -0.398 e. The van der Waals surface area contributed by atoms with Crippen molar-refractivity contribution in [2.24, 2.45) is 0 Å². The van der Waals surface area contributed by atoms with Crippen LogP contribution in [0.25, 0.3) is 10.9 Å². The number of hydrogen-bond donors (Lipinski definition) is 1. The summed E-state index contributed by atoms with van der Waals surface area (Å²) in [5, 5.41) is 0.944. The third-order valence-corrected chi connectivity index (χ3v) is 3.12. The number of halogens is 2. The maximum absolute atomic E-state index is 13.2. The second-order valence-electron chi connectivity index (χ2n) is 4.50. The Hall–Kier alpha value is -2.36. The van der Waals surface area contributed by atoms with Gasteiger partial charge in [0.15, 0.2) is 0 Å². The van der Waals surface area contributed by atoms with Gasteiger partial charge in [0.05, 0.1) is 5.52 Å². The summed E-state index contributed by atoms with van der Waals surface area (Å²) >= 11 is 0. The number of rotatable bonds is 2. The lowest BCUT2D eigenvalue weighted by atomic mass is 10.2. The summed E-state index contributed by atoms with van der Waals surface area (Å²) in [4.78, 5) is 0. The molecular weight excluding hydrogens is 246 g/mol. The molecule has 0 spiro atoms. The smallest absolute Gasteiger partial charge is 0.126 e. The van der Waals surface area contributed by atoms with E-state index in [0.717, 1.165) is 17.0 Å². The van der Waals surface area contributed by atoms with Crippen molar-refractivity contribution in [1.29, 1.82) is 0 Å². The van der Waals surface area contributed by atoms with E-state index in [4.69, 9.17) is 5.73 Å². The van der Waals surface area contributed by atoms with Gasteiger partial charge >= 0.3 is 0 Å². The largest absolute Gasteiger partial charge is 0.398 e. The molecule has 2 N–H and O–H groups in total. The average molecular weight is 258 g/mol. The maximum atomic E-state index is 13.2. The molecule has 96 valence electrons. The Labute approximate surface area is 109 Å². The topological polar surface area (TPSA) is 30.9 Å². The molecule has 0 radical (unpaired) electrons. The van der Waals surface area contributed by atoms with Crippen LogP contribution < -0.4 is 5.73 Å². The van der Waals surface area contributed by atoms with E-state index in [1.54, 1.807) is 0 Å². The molecule has 19 heavy (non-hydrogen) atoms. The molecule has 0 aliphatic heterocycles. The molecule has 2 nitrogen and oxygen atoms in total. The van der Waals surface area contributed by atoms with Gasteiger partial charge in [0.1, 0.15) is 11.6 Å². The van der Waals surface area contributed by atoms with Gasteiger partial charge in [-0.25, -0.2) is 8.78 Å². The Balaban J connectivity index is 2.04. The van der Waals surface area contributed by atoms with Gasteiger partial charge < -0.3 is 10.3 Å². The van der Waals surface area contributed by atoms with Gasteiger partial charge in [-0.15, -0.1) is 0 Å². The first-order chi connectivity index (χ1) is 9.13. The number of aromatic nitrogens is 1. The second kappa shape index (κ2) is 4.39. The number of nitrogens with zero attached hydrogens (tertiary/aromatic N) is 1. The van der Waals surface area contributed by atoms with Crippen molar-refractivity contribution in [3.05, 3.63) is 65.9 Å². The van der Waals surface area contributed by atoms with E-state index in [0.29, 0.717) is 17.8 Å². The third-order valence-electron chi connectivity index (χ3n) is 3.12. The molecule has 0 unspecified atom stereocenters. The Morgan fingerprint density at radius 2 is 1.74 bits per heavy atom.